The highest BCUT2D eigenvalue weighted by molar-refractivity contribution is 8.01. The summed E-state index contributed by atoms with van der Waals surface area (Å²) in [5, 5.41) is 15.2. The molecule has 0 unspecified atom stereocenters. The third kappa shape index (κ3) is 5.30. The first-order chi connectivity index (χ1) is 13.0. The second kappa shape index (κ2) is 9.01. The predicted octanol–water partition coefficient (Wildman–Crippen LogP) is 4.02. The van der Waals surface area contributed by atoms with Gasteiger partial charge in [0, 0.05) is 0 Å². The number of rotatable bonds is 8. The van der Waals surface area contributed by atoms with E-state index in [0.29, 0.717) is 11.7 Å². The molecule has 0 aliphatic heterocycles. The van der Waals surface area contributed by atoms with Gasteiger partial charge in [0.15, 0.2) is 4.34 Å². The first-order valence-corrected chi connectivity index (χ1v) is 10.2. The molecule has 1 aromatic carbocycles. The van der Waals surface area contributed by atoms with E-state index in [4.69, 9.17) is 9.26 Å². The number of hydrogen-bond donors (Lipinski definition) is 1. The van der Waals surface area contributed by atoms with Crippen LogP contribution in [0.4, 0.5) is 5.13 Å². The van der Waals surface area contributed by atoms with Crippen molar-refractivity contribution in [3.63, 3.8) is 0 Å². The van der Waals surface area contributed by atoms with Gasteiger partial charge in [0.05, 0.1) is 17.7 Å². The topological polar surface area (TPSA) is 90.1 Å². The number of nitrogens with one attached hydrogen (secondary N) is 1. The maximum absolute atomic E-state index is 12.2. The minimum absolute atomic E-state index is 0.122. The van der Waals surface area contributed by atoms with Crippen LogP contribution in [-0.4, -0.2) is 27.0 Å². The second-order valence-electron chi connectivity index (χ2n) is 5.77. The monoisotopic (exact) mass is 404 g/mol. The Labute approximate surface area is 165 Å². The van der Waals surface area contributed by atoms with Gasteiger partial charge in [-0.1, -0.05) is 47.3 Å². The summed E-state index contributed by atoms with van der Waals surface area (Å²) in [7, 11) is 0. The molecule has 0 aliphatic carbocycles. The number of nitrogens with zero attached hydrogens (tertiary/aromatic N) is 3. The van der Waals surface area contributed by atoms with Gasteiger partial charge in [-0.05, 0) is 37.3 Å². The van der Waals surface area contributed by atoms with Crippen LogP contribution in [0.1, 0.15) is 29.5 Å². The molecule has 0 bridgehead atoms. The van der Waals surface area contributed by atoms with Gasteiger partial charge in [-0.25, -0.2) is 0 Å². The van der Waals surface area contributed by atoms with Gasteiger partial charge in [-0.3, -0.25) is 4.79 Å². The molecule has 27 heavy (non-hydrogen) atoms. The number of thioether (sulfide) groups is 1. The number of aromatic nitrogens is 3. The van der Waals surface area contributed by atoms with Crippen LogP contribution in [-0.2, 0) is 17.8 Å². The van der Waals surface area contributed by atoms with Crippen LogP contribution in [0.15, 0.2) is 33.1 Å². The lowest BCUT2D eigenvalue weighted by atomic mass is 10.1. The summed E-state index contributed by atoms with van der Waals surface area (Å²) in [6, 6.07) is 7.45. The van der Waals surface area contributed by atoms with Crippen molar-refractivity contribution in [3.05, 3.63) is 46.8 Å². The molecular weight excluding hydrogens is 384 g/mol. The van der Waals surface area contributed by atoms with Gasteiger partial charge in [-0.2, -0.15) is 0 Å². The normalized spacial score (nSPS) is 10.8. The number of benzene rings is 1. The van der Waals surface area contributed by atoms with Crippen molar-refractivity contribution >= 4 is 34.1 Å². The summed E-state index contributed by atoms with van der Waals surface area (Å²) in [6.45, 7) is 6.20. The molecular formula is C18H20N4O3S2. The molecule has 0 aliphatic rings. The molecule has 0 atom stereocenters. The molecule has 0 radical (unpaired) electrons. The van der Waals surface area contributed by atoms with Crippen LogP contribution in [0.2, 0.25) is 0 Å². The summed E-state index contributed by atoms with van der Waals surface area (Å²) >= 11 is 2.99. The van der Waals surface area contributed by atoms with E-state index < -0.39 is 0 Å². The Bertz CT molecular complexity index is 886. The van der Waals surface area contributed by atoms with E-state index in [1.165, 1.54) is 11.3 Å². The van der Waals surface area contributed by atoms with Crippen molar-refractivity contribution in [1.29, 1.82) is 0 Å². The second-order valence-corrected chi connectivity index (χ2v) is 8.26. The Morgan fingerprint density at radius 2 is 2.04 bits per heavy atom. The summed E-state index contributed by atoms with van der Waals surface area (Å²) in [5.41, 5.74) is 2.68. The molecule has 7 nitrogen and oxygen atoms in total. The maximum Gasteiger partial charge on any atom is 0.230 e. The molecule has 3 aromatic rings. The number of ether oxygens (including phenoxy) is 1. The van der Waals surface area contributed by atoms with E-state index in [1.54, 1.807) is 11.8 Å². The van der Waals surface area contributed by atoms with Crippen molar-refractivity contribution in [2.24, 2.45) is 0 Å². The number of carbonyl (C=O) groups is 1. The van der Waals surface area contributed by atoms with Crippen LogP contribution in [0, 0.1) is 13.8 Å². The predicted molar refractivity (Wildman–Crippen MR) is 105 cm³/mol. The highest BCUT2D eigenvalue weighted by Gasteiger charge is 2.11. The van der Waals surface area contributed by atoms with E-state index in [-0.39, 0.29) is 12.3 Å². The zero-order valence-corrected chi connectivity index (χ0v) is 16.9. The lowest BCUT2D eigenvalue weighted by molar-refractivity contribution is -0.115. The quantitative estimate of drug-likeness (QED) is 0.448. The highest BCUT2D eigenvalue weighted by Crippen LogP contribution is 2.25. The molecule has 0 spiro atoms. The average Bonchev–Trinajstić information content (AvgIpc) is 3.21. The van der Waals surface area contributed by atoms with Gasteiger partial charge < -0.3 is 14.6 Å². The SMILES string of the molecule is CCSc1nnc(NC(=O)Cc2ccc(OCc3c(C)noc3C)cc2)s1. The van der Waals surface area contributed by atoms with Crippen LogP contribution in [0.3, 0.4) is 0 Å². The Balaban J connectivity index is 1.51. The standard InChI is InChI=1S/C18H20N4O3S2/c1-4-26-18-21-20-17(27-18)19-16(23)9-13-5-7-14(8-6-13)24-10-15-11(2)22-25-12(15)3/h5-8H,4,9-10H2,1-3H3,(H,19,20,23). The molecule has 2 heterocycles. The Morgan fingerprint density at radius 3 is 2.70 bits per heavy atom. The lowest BCUT2D eigenvalue weighted by Crippen LogP contribution is -2.14. The summed E-state index contributed by atoms with van der Waals surface area (Å²) in [5.74, 6) is 2.29. The molecule has 0 saturated carbocycles. The summed E-state index contributed by atoms with van der Waals surface area (Å²) in [4.78, 5) is 12.2. The number of aryl methyl sites for hydroxylation is 2. The average molecular weight is 405 g/mol. The molecule has 1 amide bonds. The fourth-order valence-electron chi connectivity index (χ4n) is 2.36. The first kappa shape index (κ1) is 19.4. The third-order valence-electron chi connectivity index (χ3n) is 3.77. The van der Waals surface area contributed by atoms with Gasteiger partial charge in [-0.15, -0.1) is 10.2 Å². The molecule has 9 heteroatoms. The maximum atomic E-state index is 12.2. The molecule has 1 N–H and O–H groups in total. The summed E-state index contributed by atoms with van der Waals surface area (Å²) < 4.78 is 11.8. The smallest absolute Gasteiger partial charge is 0.230 e. The van der Waals surface area contributed by atoms with Gasteiger partial charge >= 0.3 is 0 Å². The van der Waals surface area contributed by atoms with Crippen LogP contribution >= 0.6 is 23.1 Å². The largest absolute Gasteiger partial charge is 0.489 e. The fraction of sp³-hybridized carbons (Fsp3) is 0.333. The lowest BCUT2D eigenvalue weighted by Gasteiger charge is -2.07. The molecule has 142 valence electrons. The van der Waals surface area contributed by atoms with Crippen molar-refractivity contribution in [2.45, 2.75) is 38.1 Å². The van der Waals surface area contributed by atoms with Gasteiger partial charge in [0.25, 0.3) is 0 Å². The fourth-order valence-corrected chi connectivity index (χ4v) is 4.02. The molecule has 2 aromatic heterocycles. The van der Waals surface area contributed by atoms with E-state index >= 15 is 0 Å². The molecule has 0 fully saturated rings. The van der Waals surface area contributed by atoms with E-state index in [9.17, 15) is 4.79 Å². The highest BCUT2D eigenvalue weighted by atomic mass is 32.2. The molecule has 0 saturated heterocycles. The Hall–Kier alpha value is -2.39. The zero-order valence-electron chi connectivity index (χ0n) is 15.3. The minimum Gasteiger partial charge on any atom is -0.489 e. The van der Waals surface area contributed by atoms with Gasteiger partial charge in [0.2, 0.25) is 11.0 Å². The minimum atomic E-state index is -0.122. The third-order valence-corrected chi connectivity index (χ3v) is 5.63. The van der Waals surface area contributed by atoms with E-state index in [2.05, 4.69) is 20.7 Å². The van der Waals surface area contributed by atoms with Crippen LogP contribution < -0.4 is 10.1 Å². The van der Waals surface area contributed by atoms with E-state index in [1.807, 2.05) is 45.0 Å². The van der Waals surface area contributed by atoms with Gasteiger partial charge in [0.1, 0.15) is 18.1 Å². The number of carbonyl (C=O) groups excluding carboxylic acids is 1. The Morgan fingerprint density at radius 1 is 1.26 bits per heavy atom. The van der Waals surface area contributed by atoms with Crippen molar-refractivity contribution < 1.29 is 14.1 Å². The summed E-state index contributed by atoms with van der Waals surface area (Å²) in [6.07, 6.45) is 0.264. The Kier molecular flexibility index (Phi) is 6.46. The van der Waals surface area contributed by atoms with Crippen LogP contribution in [0.5, 0.6) is 5.75 Å². The van der Waals surface area contributed by atoms with Crippen LogP contribution in [0.25, 0.3) is 0 Å². The molecule has 3 rings (SSSR count). The number of anilines is 1. The first-order valence-electron chi connectivity index (χ1n) is 8.44. The van der Waals surface area contributed by atoms with Crippen molar-refractivity contribution in [3.8, 4) is 5.75 Å². The van der Waals surface area contributed by atoms with Crippen molar-refractivity contribution in [1.82, 2.24) is 15.4 Å². The number of amides is 1. The van der Waals surface area contributed by atoms with Crippen molar-refractivity contribution in [2.75, 3.05) is 11.1 Å². The van der Waals surface area contributed by atoms with E-state index in [0.717, 1.165) is 38.4 Å². The zero-order chi connectivity index (χ0) is 19.2. The number of hydrogen-bond acceptors (Lipinski definition) is 8.